The molecular formula is C18H14F5O4-. The molecule has 0 fully saturated rings. The Morgan fingerprint density at radius 3 is 2.11 bits per heavy atom. The van der Waals surface area contributed by atoms with Gasteiger partial charge in [0.1, 0.15) is 11.6 Å². The number of aliphatic carboxylic acids is 1. The van der Waals surface area contributed by atoms with Crippen molar-refractivity contribution in [1.29, 1.82) is 0 Å². The first kappa shape index (κ1) is 20.6. The summed E-state index contributed by atoms with van der Waals surface area (Å²) >= 11 is 0. The smallest absolute Gasteiger partial charge is 0.461 e. The highest BCUT2D eigenvalue weighted by molar-refractivity contribution is 5.69. The zero-order valence-corrected chi connectivity index (χ0v) is 13.6. The Morgan fingerprint density at radius 1 is 1.07 bits per heavy atom. The number of hydrogen-bond acceptors (Lipinski definition) is 4. The van der Waals surface area contributed by atoms with Gasteiger partial charge in [-0.3, -0.25) is 0 Å². The van der Waals surface area contributed by atoms with Crippen LogP contribution >= 0.6 is 0 Å². The summed E-state index contributed by atoms with van der Waals surface area (Å²) in [6.07, 6.45) is -10.4. The Hall–Kier alpha value is -2.68. The first-order valence-electron chi connectivity index (χ1n) is 7.68. The van der Waals surface area contributed by atoms with Crippen molar-refractivity contribution in [1.82, 2.24) is 0 Å². The Morgan fingerprint density at radius 2 is 1.63 bits per heavy atom. The molecule has 2 rings (SSSR count). The number of alkyl halides is 4. The van der Waals surface area contributed by atoms with Crippen molar-refractivity contribution in [3.63, 3.8) is 0 Å². The van der Waals surface area contributed by atoms with Gasteiger partial charge in [-0.1, -0.05) is 24.3 Å². The highest BCUT2D eigenvalue weighted by atomic mass is 19.3. The molecule has 0 aliphatic heterocycles. The lowest BCUT2D eigenvalue weighted by atomic mass is 9.90. The third kappa shape index (κ3) is 5.40. The fourth-order valence-electron chi connectivity index (χ4n) is 2.37. The average molecular weight is 389 g/mol. The molecule has 2 unspecified atom stereocenters. The molecule has 2 atom stereocenters. The Labute approximate surface area is 150 Å². The topological polar surface area (TPSA) is 69.6 Å². The molecule has 2 aromatic rings. The van der Waals surface area contributed by atoms with E-state index in [2.05, 4.69) is 4.74 Å². The van der Waals surface area contributed by atoms with Gasteiger partial charge in [0.25, 0.3) is 0 Å². The maximum absolute atomic E-state index is 12.9. The third-order valence-electron chi connectivity index (χ3n) is 3.78. The van der Waals surface area contributed by atoms with Gasteiger partial charge < -0.3 is 19.7 Å². The molecule has 4 nitrogen and oxygen atoms in total. The van der Waals surface area contributed by atoms with Gasteiger partial charge in [-0.05, 0) is 41.8 Å². The lowest BCUT2D eigenvalue weighted by molar-refractivity contribution is -0.314. The van der Waals surface area contributed by atoms with Crippen molar-refractivity contribution in [3.8, 4) is 5.75 Å². The molecule has 9 heteroatoms. The first-order valence-corrected chi connectivity index (χ1v) is 7.68. The molecule has 0 heterocycles. The van der Waals surface area contributed by atoms with Crippen molar-refractivity contribution >= 4 is 5.97 Å². The number of ether oxygens (including phenoxy) is 1. The largest absolute Gasteiger partial charge is 0.550 e. The number of hydrogen-bond donors (Lipinski definition) is 1. The van der Waals surface area contributed by atoms with E-state index >= 15 is 0 Å². The summed E-state index contributed by atoms with van der Waals surface area (Å²) in [5.41, 5.74) is 0.459. The number of carboxylic acids is 1. The summed E-state index contributed by atoms with van der Waals surface area (Å²) in [5.74, 6) is -4.08. The number of carboxylic acid groups (broad SMARTS) is 1. The van der Waals surface area contributed by atoms with Gasteiger partial charge in [-0.15, -0.1) is 0 Å². The predicted octanol–water partition coefficient (Wildman–Crippen LogP) is 2.70. The number of aliphatic hydroxyl groups excluding tert-OH is 1. The van der Waals surface area contributed by atoms with Gasteiger partial charge in [0, 0.05) is 11.9 Å². The lowest BCUT2D eigenvalue weighted by Crippen LogP contribution is -2.36. The molecule has 1 N–H and O–H groups in total. The quantitative estimate of drug-likeness (QED) is 0.705. The van der Waals surface area contributed by atoms with Crippen molar-refractivity contribution in [2.45, 2.75) is 25.1 Å². The van der Waals surface area contributed by atoms with Gasteiger partial charge in [0.2, 0.25) is 0 Å². The van der Waals surface area contributed by atoms with E-state index in [0.717, 1.165) is 24.3 Å². The zero-order valence-electron chi connectivity index (χ0n) is 13.6. The monoisotopic (exact) mass is 389 g/mol. The maximum Gasteiger partial charge on any atom is 0.461 e. The number of rotatable bonds is 8. The van der Waals surface area contributed by atoms with E-state index in [1.54, 1.807) is 0 Å². The third-order valence-corrected chi connectivity index (χ3v) is 3.78. The lowest BCUT2D eigenvalue weighted by Gasteiger charge is -2.24. The molecule has 0 radical (unpaired) electrons. The van der Waals surface area contributed by atoms with Crippen LogP contribution in [0.2, 0.25) is 0 Å². The second kappa shape index (κ2) is 8.34. The summed E-state index contributed by atoms with van der Waals surface area (Å²) in [6.45, 7) is 0. The SMILES string of the molecule is O=C([O-])C(Cc1ccc(OC(F)(F)C(F)F)cc1)C(O)c1ccc(F)cc1. The van der Waals surface area contributed by atoms with Crippen LogP contribution in [0.5, 0.6) is 5.75 Å². The van der Waals surface area contributed by atoms with Crippen LogP contribution in [0.1, 0.15) is 17.2 Å². The molecule has 0 bridgehead atoms. The maximum atomic E-state index is 12.9. The summed E-state index contributed by atoms with van der Waals surface area (Å²) < 4.78 is 66.8. The van der Waals surface area contributed by atoms with E-state index in [1.807, 2.05) is 0 Å². The molecule has 0 spiro atoms. The Kier molecular flexibility index (Phi) is 6.37. The van der Waals surface area contributed by atoms with Crippen LogP contribution in [-0.2, 0) is 11.2 Å². The Bertz CT molecular complexity index is 762. The highest BCUT2D eigenvalue weighted by Gasteiger charge is 2.43. The van der Waals surface area contributed by atoms with E-state index in [-0.39, 0.29) is 12.0 Å². The molecule has 0 saturated heterocycles. The second-order valence-corrected chi connectivity index (χ2v) is 5.73. The van der Waals surface area contributed by atoms with Gasteiger partial charge in [-0.2, -0.15) is 17.6 Å². The van der Waals surface area contributed by atoms with E-state index in [4.69, 9.17) is 0 Å². The summed E-state index contributed by atoms with van der Waals surface area (Å²) in [7, 11) is 0. The summed E-state index contributed by atoms with van der Waals surface area (Å²) in [6, 6.07) is 8.90. The van der Waals surface area contributed by atoms with E-state index in [0.29, 0.717) is 5.56 Å². The summed E-state index contributed by atoms with van der Waals surface area (Å²) in [5, 5.41) is 21.6. The minimum atomic E-state index is -4.66. The van der Waals surface area contributed by atoms with E-state index < -0.39 is 42.1 Å². The molecule has 27 heavy (non-hydrogen) atoms. The number of carbonyl (C=O) groups is 1. The van der Waals surface area contributed by atoms with Crippen LogP contribution in [0, 0.1) is 11.7 Å². The van der Waals surface area contributed by atoms with Crippen LogP contribution in [-0.4, -0.2) is 23.6 Å². The molecular weight excluding hydrogens is 375 g/mol. The van der Waals surface area contributed by atoms with E-state index in [1.165, 1.54) is 24.3 Å². The average Bonchev–Trinajstić information content (AvgIpc) is 2.60. The number of benzene rings is 2. The molecule has 0 aliphatic carbocycles. The minimum absolute atomic E-state index is 0.155. The normalized spacial score (nSPS) is 14.0. The van der Waals surface area contributed by atoms with Crippen molar-refractivity contribution < 1.29 is 41.7 Å². The fraction of sp³-hybridized carbons (Fsp3) is 0.278. The molecule has 0 aromatic heterocycles. The summed E-state index contributed by atoms with van der Waals surface area (Å²) in [4.78, 5) is 11.4. The molecule has 146 valence electrons. The van der Waals surface area contributed by atoms with Gasteiger partial charge in [0.15, 0.2) is 0 Å². The van der Waals surface area contributed by atoms with Crippen LogP contribution in [0.4, 0.5) is 22.0 Å². The number of aliphatic hydroxyl groups is 1. The zero-order chi connectivity index (χ0) is 20.2. The molecule has 0 amide bonds. The van der Waals surface area contributed by atoms with E-state index in [9.17, 15) is 37.0 Å². The van der Waals surface area contributed by atoms with Crippen LogP contribution in [0.25, 0.3) is 0 Å². The molecule has 0 aliphatic rings. The van der Waals surface area contributed by atoms with Crippen molar-refractivity contribution in [3.05, 3.63) is 65.5 Å². The standard InChI is InChI=1S/C18H15F5O4/c19-12-5-3-11(4-6-12)15(24)14(16(25)26)9-10-1-7-13(8-2-10)27-18(22,23)17(20)21/h1-8,14-15,17,24H,9H2,(H,25,26)/p-1. The van der Waals surface area contributed by atoms with Gasteiger partial charge in [0.05, 0.1) is 6.10 Å². The van der Waals surface area contributed by atoms with Gasteiger partial charge >= 0.3 is 12.5 Å². The van der Waals surface area contributed by atoms with Gasteiger partial charge in [-0.25, -0.2) is 4.39 Å². The Balaban J connectivity index is 2.12. The predicted molar refractivity (Wildman–Crippen MR) is 81.6 cm³/mol. The molecule has 0 saturated carbocycles. The molecule has 2 aromatic carbocycles. The van der Waals surface area contributed by atoms with Crippen molar-refractivity contribution in [2.75, 3.05) is 0 Å². The second-order valence-electron chi connectivity index (χ2n) is 5.73. The number of halogens is 5. The fourth-order valence-corrected chi connectivity index (χ4v) is 2.37. The van der Waals surface area contributed by atoms with Crippen LogP contribution in [0.3, 0.4) is 0 Å². The van der Waals surface area contributed by atoms with Crippen molar-refractivity contribution in [2.24, 2.45) is 5.92 Å². The highest BCUT2D eigenvalue weighted by Crippen LogP contribution is 2.29. The first-order chi connectivity index (χ1) is 12.6. The minimum Gasteiger partial charge on any atom is -0.550 e. The number of carbonyl (C=O) groups excluding carboxylic acids is 1. The van der Waals surface area contributed by atoms with Crippen LogP contribution < -0.4 is 9.84 Å². The van der Waals surface area contributed by atoms with Crippen LogP contribution in [0.15, 0.2) is 48.5 Å².